The summed E-state index contributed by atoms with van der Waals surface area (Å²) >= 11 is 3.33. The summed E-state index contributed by atoms with van der Waals surface area (Å²) in [6, 6.07) is 4.53. The summed E-state index contributed by atoms with van der Waals surface area (Å²) in [6.45, 7) is 0. The summed E-state index contributed by atoms with van der Waals surface area (Å²) in [5.74, 6) is -0.258. The quantitative estimate of drug-likeness (QED) is 0.588. The summed E-state index contributed by atoms with van der Waals surface area (Å²) in [4.78, 5) is 17.4. The molecule has 1 fully saturated rings. The number of benzene rings is 1. The van der Waals surface area contributed by atoms with E-state index in [1.54, 1.807) is 6.07 Å². The summed E-state index contributed by atoms with van der Waals surface area (Å²) in [5.41, 5.74) is 0.310. The number of nitrogens with one attached hydrogen (secondary N) is 1. The molecule has 0 bridgehead atoms. The van der Waals surface area contributed by atoms with E-state index in [0.29, 0.717) is 10.0 Å². The van der Waals surface area contributed by atoms with Crippen LogP contribution in [-0.4, -0.2) is 39.0 Å². The Labute approximate surface area is 151 Å². The largest absolute Gasteiger partial charge is 0.349 e. The number of nitrogens with zero attached hydrogens (tertiary/aromatic N) is 1. The number of hydrogen-bond acceptors (Lipinski definition) is 4. The number of sulfonamides is 1. The molecule has 1 aromatic rings. The first kappa shape index (κ1) is 19.4. The molecule has 0 heterocycles. The fourth-order valence-corrected chi connectivity index (χ4v) is 4.20. The zero-order valence-corrected chi connectivity index (χ0v) is 16.3. The van der Waals surface area contributed by atoms with Crippen LogP contribution in [0.4, 0.5) is 0 Å². The van der Waals surface area contributed by atoms with E-state index in [4.69, 9.17) is 4.84 Å². The van der Waals surface area contributed by atoms with Crippen molar-refractivity contribution in [3.63, 3.8) is 0 Å². The number of hydrogen-bond donors (Lipinski definition) is 1. The first-order valence-electron chi connectivity index (χ1n) is 7.99. The van der Waals surface area contributed by atoms with Crippen LogP contribution in [0.5, 0.6) is 0 Å². The van der Waals surface area contributed by atoms with E-state index in [-0.39, 0.29) is 16.8 Å². The highest BCUT2D eigenvalue weighted by Crippen LogP contribution is 2.24. The molecule has 134 valence electrons. The molecule has 0 aromatic heterocycles. The van der Waals surface area contributed by atoms with Gasteiger partial charge in [-0.3, -0.25) is 9.63 Å². The van der Waals surface area contributed by atoms with Crippen molar-refractivity contribution in [3.8, 4) is 0 Å². The molecule has 2 rings (SSSR count). The number of carbonyl (C=O) groups excluding carboxylic acids is 1. The molecule has 1 aromatic carbocycles. The Kier molecular flexibility index (Phi) is 6.79. The number of hydroxylamine groups is 1. The Bertz CT molecular complexity index is 685. The maximum absolute atomic E-state index is 12.6. The second-order valence-electron chi connectivity index (χ2n) is 5.90. The molecule has 0 saturated heterocycles. The zero-order chi connectivity index (χ0) is 17.7. The molecule has 0 spiro atoms. The lowest BCUT2D eigenvalue weighted by molar-refractivity contribution is -0.0258. The lowest BCUT2D eigenvalue weighted by atomic mass is 10.1. The van der Waals surface area contributed by atoms with Crippen LogP contribution >= 0.6 is 15.9 Å². The zero-order valence-electron chi connectivity index (χ0n) is 13.9. The van der Waals surface area contributed by atoms with Gasteiger partial charge in [-0.25, -0.2) is 8.42 Å². The molecule has 1 N–H and O–H groups in total. The monoisotopic (exact) mass is 418 g/mol. The van der Waals surface area contributed by atoms with E-state index < -0.39 is 10.0 Å². The molecule has 1 aliphatic rings. The SMILES string of the molecule is CON(C)S(=O)(=O)c1ccc(Br)c(C(=O)NC2CCCCCC2)c1. The average Bonchev–Trinajstić information content (AvgIpc) is 2.82. The van der Waals surface area contributed by atoms with Gasteiger partial charge in [0.1, 0.15) is 0 Å². The maximum Gasteiger partial charge on any atom is 0.264 e. The number of amides is 1. The van der Waals surface area contributed by atoms with E-state index >= 15 is 0 Å². The fraction of sp³-hybridized carbons (Fsp3) is 0.562. The van der Waals surface area contributed by atoms with Crippen LogP contribution in [0.3, 0.4) is 0 Å². The van der Waals surface area contributed by atoms with Crippen molar-refractivity contribution in [2.45, 2.75) is 49.5 Å². The third-order valence-corrected chi connectivity index (χ3v) is 6.63. The Morgan fingerprint density at radius 2 is 1.88 bits per heavy atom. The van der Waals surface area contributed by atoms with Crippen LogP contribution in [0.2, 0.25) is 0 Å². The molecular weight excluding hydrogens is 396 g/mol. The van der Waals surface area contributed by atoms with Crippen LogP contribution < -0.4 is 5.32 Å². The van der Waals surface area contributed by atoms with Gasteiger partial charge < -0.3 is 5.32 Å². The van der Waals surface area contributed by atoms with Crippen LogP contribution in [0.1, 0.15) is 48.9 Å². The summed E-state index contributed by atoms with van der Waals surface area (Å²) in [7, 11) is -1.21. The van der Waals surface area contributed by atoms with Crippen molar-refractivity contribution < 1.29 is 18.0 Å². The summed E-state index contributed by atoms with van der Waals surface area (Å²) < 4.78 is 26.0. The van der Waals surface area contributed by atoms with E-state index in [0.717, 1.165) is 30.2 Å². The van der Waals surface area contributed by atoms with Crippen molar-refractivity contribution in [3.05, 3.63) is 28.2 Å². The fourth-order valence-electron chi connectivity index (χ4n) is 2.77. The highest BCUT2D eigenvalue weighted by atomic mass is 79.9. The highest BCUT2D eigenvalue weighted by Gasteiger charge is 2.24. The Balaban J connectivity index is 2.23. The van der Waals surface area contributed by atoms with Crippen molar-refractivity contribution in [1.82, 2.24) is 9.79 Å². The van der Waals surface area contributed by atoms with Gasteiger partial charge in [0, 0.05) is 17.6 Å². The molecule has 0 radical (unpaired) electrons. The minimum absolute atomic E-state index is 0.0149. The second-order valence-corrected chi connectivity index (χ2v) is 8.69. The van der Waals surface area contributed by atoms with Crippen molar-refractivity contribution >= 4 is 31.9 Å². The van der Waals surface area contributed by atoms with Crippen LogP contribution in [0.15, 0.2) is 27.6 Å². The Morgan fingerprint density at radius 1 is 1.25 bits per heavy atom. The molecule has 24 heavy (non-hydrogen) atoms. The van der Waals surface area contributed by atoms with Gasteiger partial charge >= 0.3 is 0 Å². The van der Waals surface area contributed by atoms with Gasteiger partial charge in [-0.2, -0.15) is 0 Å². The predicted molar refractivity (Wildman–Crippen MR) is 95.1 cm³/mol. The van der Waals surface area contributed by atoms with E-state index in [1.807, 2.05) is 0 Å². The number of halogens is 1. The molecule has 8 heteroatoms. The molecule has 0 unspecified atom stereocenters. The van der Waals surface area contributed by atoms with Crippen LogP contribution in [-0.2, 0) is 14.9 Å². The standard InChI is InChI=1S/C16H23BrN2O4S/c1-19(23-2)24(21,22)13-9-10-15(17)14(11-13)16(20)18-12-7-5-3-4-6-8-12/h9-12H,3-8H2,1-2H3,(H,18,20). The third-order valence-electron chi connectivity index (χ3n) is 4.27. The van der Waals surface area contributed by atoms with E-state index in [1.165, 1.54) is 39.1 Å². The van der Waals surface area contributed by atoms with Crippen LogP contribution in [0.25, 0.3) is 0 Å². The van der Waals surface area contributed by atoms with Crippen molar-refractivity contribution in [2.75, 3.05) is 14.2 Å². The van der Waals surface area contributed by atoms with Crippen molar-refractivity contribution in [1.29, 1.82) is 0 Å². The molecule has 6 nitrogen and oxygen atoms in total. The highest BCUT2D eigenvalue weighted by molar-refractivity contribution is 9.10. The summed E-state index contributed by atoms with van der Waals surface area (Å²) in [6.07, 6.45) is 6.56. The normalized spacial score (nSPS) is 16.8. The van der Waals surface area contributed by atoms with Gasteiger partial charge in [-0.05, 0) is 47.0 Å². The van der Waals surface area contributed by atoms with E-state index in [9.17, 15) is 13.2 Å². The average molecular weight is 419 g/mol. The molecule has 0 aliphatic heterocycles. The van der Waals surface area contributed by atoms with Gasteiger partial charge in [0.2, 0.25) is 0 Å². The predicted octanol–water partition coefficient (Wildman–Crippen LogP) is 3.08. The van der Waals surface area contributed by atoms with Gasteiger partial charge in [0.25, 0.3) is 15.9 Å². The van der Waals surface area contributed by atoms with Gasteiger partial charge in [0.15, 0.2) is 0 Å². The van der Waals surface area contributed by atoms with Crippen molar-refractivity contribution in [2.24, 2.45) is 0 Å². The molecule has 1 saturated carbocycles. The summed E-state index contributed by atoms with van der Waals surface area (Å²) in [5, 5.41) is 3.03. The van der Waals surface area contributed by atoms with Gasteiger partial charge in [-0.1, -0.05) is 30.2 Å². The lowest BCUT2D eigenvalue weighted by Crippen LogP contribution is -2.34. The molecule has 0 atom stereocenters. The molecular formula is C16H23BrN2O4S. The van der Waals surface area contributed by atoms with Gasteiger partial charge in [-0.15, -0.1) is 0 Å². The smallest absolute Gasteiger partial charge is 0.264 e. The number of carbonyl (C=O) groups is 1. The minimum atomic E-state index is -3.79. The van der Waals surface area contributed by atoms with Crippen LogP contribution in [0, 0.1) is 0 Å². The first-order valence-corrected chi connectivity index (χ1v) is 10.2. The lowest BCUT2D eigenvalue weighted by Gasteiger charge is -2.18. The Hall–Kier alpha value is -0.960. The second kappa shape index (κ2) is 8.42. The maximum atomic E-state index is 12.6. The Morgan fingerprint density at radius 3 is 2.46 bits per heavy atom. The first-order chi connectivity index (χ1) is 11.4. The third kappa shape index (κ3) is 4.56. The van der Waals surface area contributed by atoms with Gasteiger partial charge in [0.05, 0.1) is 17.6 Å². The van der Waals surface area contributed by atoms with E-state index in [2.05, 4.69) is 21.2 Å². The molecule has 1 aliphatic carbocycles. The molecule has 1 amide bonds. The topological polar surface area (TPSA) is 75.7 Å². The minimum Gasteiger partial charge on any atom is -0.349 e. The number of rotatable bonds is 5.